The number of hydrogen-bond acceptors (Lipinski definition) is 3. The first kappa shape index (κ1) is 14.6. The van der Waals surface area contributed by atoms with Gasteiger partial charge in [-0.1, -0.05) is 0 Å². The van der Waals surface area contributed by atoms with Gasteiger partial charge in [0.05, 0.1) is 15.2 Å². The van der Waals surface area contributed by atoms with Crippen molar-refractivity contribution in [3.05, 3.63) is 49.4 Å². The lowest BCUT2D eigenvalue weighted by Gasteiger charge is -2.12. The molecular formula is C13H13BrF2N2S. The lowest BCUT2D eigenvalue weighted by atomic mass is 10.0. The zero-order valence-electron chi connectivity index (χ0n) is 10.5. The van der Waals surface area contributed by atoms with Crippen LogP contribution in [0.5, 0.6) is 0 Å². The van der Waals surface area contributed by atoms with Crippen LogP contribution in [0.3, 0.4) is 0 Å². The Bertz CT molecular complexity index is 613. The molecule has 2 aromatic rings. The Labute approximate surface area is 122 Å². The Morgan fingerprint density at radius 1 is 1.37 bits per heavy atom. The van der Waals surface area contributed by atoms with Crippen molar-refractivity contribution >= 4 is 27.3 Å². The third kappa shape index (κ3) is 3.01. The summed E-state index contributed by atoms with van der Waals surface area (Å²) < 4.78 is 27.8. The summed E-state index contributed by atoms with van der Waals surface area (Å²) >= 11 is 4.52. The van der Waals surface area contributed by atoms with Gasteiger partial charge in [-0.2, -0.15) is 0 Å². The van der Waals surface area contributed by atoms with Crippen molar-refractivity contribution in [1.82, 2.24) is 4.98 Å². The van der Waals surface area contributed by atoms with E-state index in [0.717, 1.165) is 15.6 Å². The first-order chi connectivity index (χ1) is 8.90. The number of nitrogens with two attached hydrogens (primary N) is 1. The summed E-state index contributed by atoms with van der Waals surface area (Å²) in [6, 6.07) is 2.13. The van der Waals surface area contributed by atoms with Crippen molar-refractivity contribution < 1.29 is 8.78 Å². The molecule has 102 valence electrons. The van der Waals surface area contributed by atoms with E-state index in [1.54, 1.807) is 0 Å². The Morgan fingerprint density at radius 2 is 2.05 bits per heavy atom. The van der Waals surface area contributed by atoms with Crippen LogP contribution in [0.4, 0.5) is 8.78 Å². The number of nitrogens with zero attached hydrogens (tertiary/aromatic N) is 1. The van der Waals surface area contributed by atoms with E-state index in [4.69, 9.17) is 5.73 Å². The number of hydrogen-bond donors (Lipinski definition) is 1. The molecule has 19 heavy (non-hydrogen) atoms. The highest BCUT2D eigenvalue weighted by Gasteiger charge is 2.19. The number of rotatable bonds is 3. The highest BCUT2D eigenvalue weighted by atomic mass is 79.9. The fourth-order valence-electron chi connectivity index (χ4n) is 1.96. The first-order valence-corrected chi connectivity index (χ1v) is 7.33. The van der Waals surface area contributed by atoms with Gasteiger partial charge in [0.15, 0.2) is 0 Å². The first-order valence-electron chi connectivity index (χ1n) is 5.72. The Hall–Kier alpha value is -0.850. The van der Waals surface area contributed by atoms with Crippen LogP contribution in [0.1, 0.15) is 27.2 Å². The fraction of sp³-hybridized carbons (Fsp3) is 0.308. The molecule has 2 rings (SSSR count). The Balaban J connectivity index is 2.31. The van der Waals surface area contributed by atoms with Gasteiger partial charge in [0.1, 0.15) is 11.6 Å². The highest BCUT2D eigenvalue weighted by Crippen LogP contribution is 2.29. The van der Waals surface area contributed by atoms with Crippen LogP contribution < -0.4 is 5.73 Å². The lowest BCUT2D eigenvalue weighted by molar-refractivity contribution is 0.537. The third-order valence-corrected chi connectivity index (χ3v) is 4.66. The van der Waals surface area contributed by atoms with Gasteiger partial charge in [-0.05, 0) is 48.3 Å². The number of aromatic nitrogens is 1. The second-order valence-corrected chi connectivity index (χ2v) is 6.40. The van der Waals surface area contributed by atoms with E-state index in [1.165, 1.54) is 23.5 Å². The maximum Gasteiger partial charge on any atom is 0.143 e. The van der Waals surface area contributed by atoms with E-state index >= 15 is 0 Å². The van der Waals surface area contributed by atoms with Crippen molar-refractivity contribution in [3.63, 3.8) is 0 Å². The minimum absolute atomic E-state index is 0.00679. The minimum Gasteiger partial charge on any atom is -0.323 e. The Morgan fingerprint density at radius 3 is 2.63 bits per heavy atom. The molecule has 2 N–H and O–H groups in total. The van der Waals surface area contributed by atoms with E-state index in [0.29, 0.717) is 0 Å². The summed E-state index contributed by atoms with van der Waals surface area (Å²) in [7, 11) is 0. The molecule has 2 nitrogen and oxygen atoms in total. The van der Waals surface area contributed by atoms with Gasteiger partial charge in [-0.25, -0.2) is 13.8 Å². The van der Waals surface area contributed by atoms with Gasteiger partial charge in [-0.3, -0.25) is 0 Å². The molecule has 0 spiro atoms. The molecule has 0 bridgehead atoms. The molecule has 0 aliphatic heterocycles. The summed E-state index contributed by atoms with van der Waals surface area (Å²) in [5.41, 5.74) is 6.88. The molecule has 1 heterocycles. The van der Waals surface area contributed by atoms with Gasteiger partial charge in [0.2, 0.25) is 0 Å². The molecule has 0 radical (unpaired) electrons. The van der Waals surface area contributed by atoms with Gasteiger partial charge >= 0.3 is 0 Å². The molecule has 1 aromatic carbocycles. The fourth-order valence-corrected chi connectivity index (χ4v) is 3.26. The predicted octanol–water partition coefficient (Wildman–Crippen LogP) is 4.04. The molecule has 0 amide bonds. The Kier molecular flexibility index (Phi) is 4.32. The SMILES string of the molecule is Cc1nc(C)c(C(N)Cc2c(F)ccc(Br)c2F)s1. The zero-order valence-corrected chi connectivity index (χ0v) is 12.9. The molecule has 1 aromatic heterocycles. The van der Waals surface area contributed by atoms with Crippen molar-refractivity contribution in [3.8, 4) is 0 Å². The maximum absolute atomic E-state index is 13.9. The van der Waals surface area contributed by atoms with Crippen LogP contribution in [0.15, 0.2) is 16.6 Å². The van der Waals surface area contributed by atoms with Crippen LogP contribution in [-0.2, 0) is 6.42 Å². The van der Waals surface area contributed by atoms with Gasteiger partial charge in [-0.15, -0.1) is 11.3 Å². The van der Waals surface area contributed by atoms with E-state index < -0.39 is 17.7 Å². The van der Waals surface area contributed by atoms with Crippen LogP contribution >= 0.6 is 27.3 Å². The summed E-state index contributed by atoms with van der Waals surface area (Å²) in [4.78, 5) is 5.15. The average molecular weight is 347 g/mol. The molecule has 0 aliphatic rings. The summed E-state index contributed by atoms with van der Waals surface area (Å²) in [6.07, 6.45) is 0.111. The molecular weight excluding hydrogens is 334 g/mol. The monoisotopic (exact) mass is 346 g/mol. The number of thiazole rings is 1. The number of aryl methyl sites for hydroxylation is 2. The molecule has 1 unspecified atom stereocenters. The van der Waals surface area contributed by atoms with Crippen LogP contribution in [0.25, 0.3) is 0 Å². The minimum atomic E-state index is -0.589. The molecule has 6 heteroatoms. The van der Waals surface area contributed by atoms with Gasteiger partial charge in [0, 0.05) is 16.5 Å². The normalized spacial score (nSPS) is 12.7. The summed E-state index contributed by atoms with van der Waals surface area (Å²) in [5.74, 6) is -1.16. The van der Waals surface area contributed by atoms with E-state index in [1.807, 2.05) is 13.8 Å². The van der Waals surface area contributed by atoms with E-state index in [-0.39, 0.29) is 16.5 Å². The summed E-state index contributed by atoms with van der Waals surface area (Å²) in [5, 5.41) is 0.901. The highest BCUT2D eigenvalue weighted by molar-refractivity contribution is 9.10. The topological polar surface area (TPSA) is 38.9 Å². The second kappa shape index (κ2) is 5.64. The largest absolute Gasteiger partial charge is 0.323 e. The standard InChI is InChI=1S/C13H13BrF2N2S/c1-6-13(19-7(2)18-6)11(17)5-8-10(15)4-3-9(14)12(8)16/h3-4,11H,5,17H2,1-2H3. The lowest BCUT2D eigenvalue weighted by Crippen LogP contribution is -2.15. The molecule has 0 aliphatic carbocycles. The molecule has 0 fully saturated rings. The second-order valence-electron chi connectivity index (χ2n) is 4.31. The average Bonchev–Trinajstić information content (AvgIpc) is 2.69. The zero-order chi connectivity index (χ0) is 14.2. The molecule has 0 saturated carbocycles. The van der Waals surface area contributed by atoms with Crippen LogP contribution in [0.2, 0.25) is 0 Å². The van der Waals surface area contributed by atoms with Crippen molar-refractivity contribution in [2.45, 2.75) is 26.3 Å². The van der Waals surface area contributed by atoms with Crippen molar-refractivity contribution in [1.29, 1.82) is 0 Å². The van der Waals surface area contributed by atoms with Gasteiger partial charge in [0.25, 0.3) is 0 Å². The third-order valence-electron chi connectivity index (χ3n) is 2.84. The van der Waals surface area contributed by atoms with Crippen LogP contribution in [-0.4, -0.2) is 4.98 Å². The van der Waals surface area contributed by atoms with Crippen LogP contribution in [0, 0.1) is 25.5 Å². The van der Waals surface area contributed by atoms with Crippen molar-refractivity contribution in [2.75, 3.05) is 0 Å². The maximum atomic E-state index is 13.9. The molecule has 1 atom stereocenters. The van der Waals surface area contributed by atoms with E-state index in [9.17, 15) is 8.78 Å². The van der Waals surface area contributed by atoms with E-state index in [2.05, 4.69) is 20.9 Å². The summed E-state index contributed by atoms with van der Waals surface area (Å²) in [6.45, 7) is 3.74. The smallest absolute Gasteiger partial charge is 0.143 e. The predicted molar refractivity (Wildman–Crippen MR) is 76.3 cm³/mol. The molecule has 0 saturated heterocycles. The number of benzene rings is 1. The number of halogens is 3. The van der Waals surface area contributed by atoms with Gasteiger partial charge < -0.3 is 5.73 Å². The van der Waals surface area contributed by atoms with Crippen molar-refractivity contribution in [2.24, 2.45) is 5.73 Å². The quantitative estimate of drug-likeness (QED) is 0.851.